The number of anilines is 1. The van der Waals surface area contributed by atoms with Crippen molar-refractivity contribution in [2.45, 2.75) is 32.4 Å². The van der Waals surface area contributed by atoms with E-state index in [0.29, 0.717) is 13.0 Å². The molecule has 7 heteroatoms. The molecule has 1 saturated heterocycles. The molecule has 0 amide bonds. The Kier molecular flexibility index (Phi) is 3.93. The molecule has 0 saturated carbocycles. The highest BCUT2D eigenvalue weighted by molar-refractivity contribution is 7.91. The lowest BCUT2D eigenvalue weighted by Crippen LogP contribution is -2.32. The van der Waals surface area contributed by atoms with Crippen LogP contribution in [0.4, 0.5) is 5.13 Å². The Hall–Kier alpha value is -0.660. The minimum Gasteiger partial charge on any atom is -0.347 e. The van der Waals surface area contributed by atoms with Gasteiger partial charge in [-0.3, -0.25) is 0 Å². The maximum Gasteiger partial charge on any atom is 0.185 e. The van der Waals surface area contributed by atoms with Gasteiger partial charge in [0.2, 0.25) is 0 Å². The van der Waals surface area contributed by atoms with Crippen LogP contribution in [-0.2, 0) is 22.8 Å². The van der Waals surface area contributed by atoms with Crippen molar-refractivity contribution in [2.75, 3.05) is 23.5 Å². The summed E-state index contributed by atoms with van der Waals surface area (Å²) in [6.07, 6.45) is 1.55. The van der Waals surface area contributed by atoms with Gasteiger partial charge in [0, 0.05) is 24.5 Å². The van der Waals surface area contributed by atoms with E-state index in [2.05, 4.69) is 11.9 Å². The standard InChI is InChI=1S/C11H19N3O2S2/c1-3-9-10(6-12)17-11(13-9)14(2)8-4-5-18(15,16)7-8/h8H,3-7,12H2,1-2H3. The topological polar surface area (TPSA) is 76.3 Å². The summed E-state index contributed by atoms with van der Waals surface area (Å²) < 4.78 is 23.0. The molecule has 5 nitrogen and oxygen atoms in total. The molecule has 102 valence electrons. The van der Waals surface area contributed by atoms with E-state index in [1.165, 1.54) is 0 Å². The monoisotopic (exact) mass is 289 g/mol. The molecule has 18 heavy (non-hydrogen) atoms. The third kappa shape index (κ3) is 2.67. The predicted molar refractivity (Wildman–Crippen MR) is 74.8 cm³/mol. The summed E-state index contributed by atoms with van der Waals surface area (Å²) >= 11 is 1.57. The van der Waals surface area contributed by atoms with Gasteiger partial charge < -0.3 is 10.6 Å². The molecule has 2 heterocycles. The Morgan fingerprint density at radius 3 is 2.72 bits per heavy atom. The molecule has 1 aliphatic rings. The van der Waals surface area contributed by atoms with Crippen LogP contribution in [0.15, 0.2) is 0 Å². The van der Waals surface area contributed by atoms with Crippen molar-refractivity contribution in [3.05, 3.63) is 10.6 Å². The summed E-state index contributed by atoms with van der Waals surface area (Å²) in [5.41, 5.74) is 6.72. The van der Waals surface area contributed by atoms with Gasteiger partial charge in [0.05, 0.1) is 17.2 Å². The number of rotatable bonds is 4. The van der Waals surface area contributed by atoms with Crippen LogP contribution in [-0.4, -0.2) is 38.0 Å². The normalized spacial score (nSPS) is 22.3. The fourth-order valence-electron chi connectivity index (χ4n) is 2.19. The van der Waals surface area contributed by atoms with Crippen LogP contribution in [0.1, 0.15) is 23.9 Å². The van der Waals surface area contributed by atoms with Crippen LogP contribution in [0, 0.1) is 0 Å². The van der Waals surface area contributed by atoms with Crippen molar-refractivity contribution in [3.8, 4) is 0 Å². The molecule has 1 fully saturated rings. The van der Waals surface area contributed by atoms with E-state index in [1.54, 1.807) is 11.3 Å². The van der Waals surface area contributed by atoms with Gasteiger partial charge in [0.25, 0.3) is 0 Å². The van der Waals surface area contributed by atoms with Crippen LogP contribution in [0.3, 0.4) is 0 Å². The molecule has 2 N–H and O–H groups in total. The number of aromatic nitrogens is 1. The Morgan fingerprint density at radius 1 is 1.56 bits per heavy atom. The van der Waals surface area contributed by atoms with Crippen molar-refractivity contribution < 1.29 is 8.42 Å². The Labute approximate surface area is 112 Å². The van der Waals surface area contributed by atoms with Crippen molar-refractivity contribution in [1.82, 2.24) is 4.98 Å². The summed E-state index contributed by atoms with van der Waals surface area (Å²) in [5.74, 6) is 0.528. The first-order chi connectivity index (χ1) is 8.46. The minimum atomic E-state index is -2.85. The summed E-state index contributed by atoms with van der Waals surface area (Å²) in [6.45, 7) is 2.55. The molecule has 0 aliphatic carbocycles. The number of hydrogen-bond acceptors (Lipinski definition) is 6. The van der Waals surface area contributed by atoms with E-state index in [4.69, 9.17) is 5.73 Å². The van der Waals surface area contributed by atoms with Crippen LogP contribution < -0.4 is 10.6 Å². The van der Waals surface area contributed by atoms with Gasteiger partial charge >= 0.3 is 0 Å². The molecule has 1 unspecified atom stereocenters. The Balaban J connectivity index is 2.19. The fraction of sp³-hybridized carbons (Fsp3) is 0.727. The molecule has 1 atom stereocenters. The van der Waals surface area contributed by atoms with Crippen molar-refractivity contribution in [1.29, 1.82) is 0 Å². The van der Waals surface area contributed by atoms with Crippen molar-refractivity contribution >= 4 is 26.3 Å². The maximum atomic E-state index is 11.5. The van der Waals surface area contributed by atoms with Crippen molar-refractivity contribution in [3.63, 3.8) is 0 Å². The van der Waals surface area contributed by atoms with Crippen LogP contribution in [0.5, 0.6) is 0 Å². The number of thiazole rings is 1. The molecule has 0 aromatic carbocycles. The van der Waals surface area contributed by atoms with Gasteiger partial charge in [-0.2, -0.15) is 0 Å². The van der Waals surface area contributed by atoms with Crippen molar-refractivity contribution in [2.24, 2.45) is 5.73 Å². The molecule has 1 aliphatic heterocycles. The van der Waals surface area contributed by atoms with E-state index < -0.39 is 9.84 Å². The highest BCUT2D eigenvalue weighted by Gasteiger charge is 2.32. The average Bonchev–Trinajstić information content (AvgIpc) is 2.91. The number of aryl methyl sites for hydroxylation is 1. The van der Waals surface area contributed by atoms with Crippen LogP contribution >= 0.6 is 11.3 Å². The fourth-order valence-corrected chi connectivity index (χ4v) is 5.03. The summed E-state index contributed by atoms with van der Waals surface area (Å²) in [4.78, 5) is 7.65. The molecule has 2 rings (SSSR count). The lowest BCUT2D eigenvalue weighted by atomic mass is 10.2. The second-order valence-electron chi connectivity index (χ2n) is 4.59. The van der Waals surface area contributed by atoms with E-state index in [0.717, 1.165) is 22.1 Å². The molecular formula is C11H19N3O2S2. The third-order valence-corrected chi connectivity index (χ3v) is 6.31. The third-order valence-electron chi connectivity index (χ3n) is 3.35. The second-order valence-corrected chi connectivity index (χ2v) is 7.88. The summed E-state index contributed by atoms with van der Waals surface area (Å²) in [7, 11) is -0.932. The number of sulfone groups is 1. The van der Waals surface area contributed by atoms with Gasteiger partial charge in [-0.15, -0.1) is 11.3 Å². The molecule has 1 aromatic rings. The first-order valence-corrected chi connectivity index (χ1v) is 8.72. The average molecular weight is 289 g/mol. The second kappa shape index (κ2) is 5.14. The minimum absolute atomic E-state index is 0.0523. The van der Waals surface area contributed by atoms with Gasteiger partial charge in [0.15, 0.2) is 15.0 Å². The van der Waals surface area contributed by atoms with E-state index >= 15 is 0 Å². The molecule has 0 radical (unpaired) electrons. The quantitative estimate of drug-likeness (QED) is 0.886. The molecule has 1 aromatic heterocycles. The molecular weight excluding hydrogens is 270 g/mol. The highest BCUT2D eigenvalue weighted by atomic mass is 32.2. The van der Waals surface area contributed by atoms with Crippen LogP contribution in [0.2, 0.25) is 0 Å². The number of hydrogen-bond donors (Lipinski definition) is 1. The zero-order valence-electron chi connectivity index (χ0n) is 10.7. The first kappa shape index (κ1) is 13.8. The zero-order valence-corrected chi connectivity index (χ0v) is 12.4. The van der Waals surface area contributed by atoms with E-state index in [1.807, 2.05) is 11.9 Å². The Bertz CT molecular complexity index is 503. The Morgan fingerprint density at radius 2 is 2.28 bits per heavy atom. The SMILES string of the molecule is CCc1nc(N(C)C2CCS(=O)(=O)C2)sc1CN. The summed E-state index contributed by atoms with van der Waals surface area (Å²) in [5, 5.41) is 0.884. The molecule has 0 bridgehead atoms. The van der Waals surface area contributed by atoms with E-state index in [-0.39, 0.29) is 17.5 Å². The summed E-state index contributed by atoms with van der Waals surface area (Å²) in [6, 6.07) is 0.0523. The maximum absolute atomic E-state index is 11.5. The lowest BCUT2D eigenvalue weighted by molar-refractivity contribution is 0.601. The zero-order chi connectivity index (χ0) is 13.3. The van der Waals surface area contributed by atoms with Gasteiger partial charge in [-0.25, -0.2) is 13.4 Å². The molecule has 0 spiro atoms. The largest absolute Gasteiger partial charge is 0.347 e. The lowest BCUT2D eigenvalue weighted by Gasteiger charge is -2.22. The smallest absolute Gasteiger partial charge is 0.185 e. The first-order valence-electron chi connectivity index (χ1n) is 6.08. The number of nitrogens with zero attached hydrogens (tertiary/aromatic N) is 2. The van der Waals surface area contributed by atoms with Crippen LogP contribution in [0.25, 0.3) is 0 Å². The van der Waals surface area contributed by atoms with Gasteiger partial charge in [-0.05, 0) is 12.8 Å². The van der Waals surface area contributed by atoms with Gasteiger partial charge in [0.1, 0.15) is 0 Å². The predicted octanol–water partition coefficient (Wildman–Crippen LogP) is 0.788. The highest BCUT2D eigenvalue weighted by Crippen LogP contribution is 2.29. The van der Waals surface area contributed by atoms with E-state index in [9.17, 15) is 8.42 Å². The number of nitrogens with two attached hydrogens (primary N) is 1. The van der Waals surface area contributed by atoms with Gasteiger partial charge in [-0.1, -0.05) is 6.92 Å².